The Morgan fingerprint density at radius 1 is 1.18 bits per heavy atom. The maximum atomic E-state index is 12.6. The van der Waals surface area contributed by atoms with Gasteiger partial charge in [-0.1, -0.05) is 41.9 Å². The standard InChI is InChI=1S/C23H24ClN7O2S/c24-17-3-1-5-19(11-17)34(32,33)29-12-15-6-8-16(9-7-15)21-20-22(25)27-14-28-23(20)31(30-21)18-4-2-10-26-13-18/h1,3,5-9,11,14,18,26,29H,2,4,10,12-13H2,(H2,25,27,28). The van der Waals surface area contributed by atoms with Crippen LogP contribution in [0.15, 0.2) is 59.8 Å². The van der Waals surface area contributed by atoms with Gasteiger partial charge in [-0.3, -0.25) is 0 Å². The third kappa shape index (κ3) is 4.49. The average Bonchev–Trinajstić information content (AvgIpc) is 3.25. The monoisotopic (exact) mass is 497 g/mol. The summed E-state index contributed by atoms with van der Waals surface area (Å²) < 4.78 is 29.7. The minimum Gasteiger partial charge on any atom is -0.383 e. The molecule has 2 aromatic carbocycles. The zero-order valence-corrected chi connectivity index (χ0v) is 19.9. The lowest BCUT2D eigenvalue weighted by molar-refractivity contribution is 0.354. The fourth-order valence-corrected chi connectivity index (χ4v) is 5.49. The summed E-state index contributed by atoms with van der Waals surface area (Å²) in [6.45, 7) is 1.97. The van der Waals surface area contributed by atoms with Gasteiger partial charge in [0.15, 0.2) is 5.65 Å². The van der Waals surface area contributed by atoms with Gasteiger partial charge in [-0.25, -0.2) is 27.8 Å². The maximum Gasteiger partial charge on any atom is 0.240 e. The molecule has 1 aliphatic rings. The molecule has 0 saturated carbocycles. The Kier molecular flexibility index (Phi) is 6.22. The van der Waals surface area contributed by atoms with E-state index in [-0.39, 0.29) is 17.5 Å². The number of nitrogen functional groups attached to an aromatic ring is 1. The van der Waals surface area contributed by atoms with Crippen LogP contribution in [0.4, 0.5) is 5.82 Å². The molecule has 0 amide bonds. The molecule has 1 aliphatic heterocycles. The van der Waals surface area contributed by atoms with Crippen LogP contribution in [0.5, 0.6) is 0 Å². The Morgan fingerprint density at radius 2 is 2.00 bits per heavy atom. The van der Waals surface area contributed by atoms with E-state index in [1.807, 2.05) is 28.9 Å². The van der Waals surface area contributed by atoms with Crippen molar-refractivity contribution in [2.45, 2.75) is 30.3 Å². The van der Waals surface area contributed by atoms with Gasteiger partial charge < -0.3 is 11.1 Å². The van der Waals surface area contributed by atoms with E-state index in [1.165, 1.54) is 18.5 Å². The van der Waals surface area contributed by atoms with Crippen LogP contribution in [0.3, 0.4) is 0 Å². The van der Waals surface area contributed by atoms with E-state index in [2.05, 4.69) is 20.0 Å². The molecule has 0 aliphatic carbocycles. The summed E-state index contributed by atoms with van der Waals surface area (Å²) in [5, 5.41) is 9.38. The Hall–Kier alpha value is -3.05. The Labute approximate surface area is 202 Å². The number of nitrogens with two attached hydrogens (primary N) is 1. The van der Waals surface area contributed by atoms with Gasteiger partial charge in [0, 0.05) is 23.7 Å². The number of aromatic nitrogens is 4. The highest BCUT2D eigenvalue weighted by Crippen LogP contribution is 2.33. The van der Waals surface area contributed by atoms with Crippen molar-refractivity contribution in [1.29, 1.82) is 0 Å². The summed E-state index contributed by atoms with van der Waals surface area (Å²) in [6.07, 6.45) is 3.55. The number of rotatable bonds is 6. The minimum atomic E-state index is -3.68. The van der Waals surface area contributed by atoms with Crippen LogP contribution in [-0.4, -0.2) is 41.3 Å². The van der Waals surface area contributed by atoms with Gasteiger partial charge in [0.05, 0.1) is 16.3 Å². The highest BCUT2D eigenvalue weighted by molar-refractivity contribution is 7.89. The van der Waals surface area contributed by atoms with Crippen molar-refractivity contribution < 1.29 is 8.42 Å². The molecule has 0 spiro atoms. The van der Waals surface area contributed by atoms with Crippen LogP contribution in [0.1, 0.15) is 24.4 Å². The summed E-state index contributed by atoms with van der Waals surface area (Å²) in [6, 6.07) is 13.9. The third-order valence-corrected chi connectivity index (χ3v) is 7.57. The highest BCUT2D eigenvalue weighted by Gasteiger charge is 2.23. The number of anilines is 1. The molecule has 1 atom stereocenters. The Morgan fingerprint density at radius 3 is 2.74 bits per heavy atom. The van der Waals surface area contributed by atoms with Crippen molar-refractivity contribution in [3.8, 4) is 11.3 Å². The first-order valence-corrected chi connectivity index (χ1v) is 12.8. The van der Waals surface area contributed by atoms with Gasteiger partial charge >= 0.3 is 0 Å². The van der Waals surface area contributed by atoms with E-state index in [4.69, 9.17) is 22.4 Å². The SMILES string of the molecule is Nc1ncnc2c1c(-c1ccc(CNS(=O)(=O)c3cccc(Cl)c3)cc1)nn2C1CCCNC1. The normalized spacial score (nSPS) is 16.7. The van der Waals surface area contributed by atoms with Crippen molar-refractivity contribution in [2.24, 2.45) is 0 Å². The van der Waals surface area contributed by atoms with E-state index in [9.17, 15) is 8.42 Å². The van der Waals surface area contributed by atoms with Crippen LogP contribution >= 0.6 is 11.6 Å². The van der Waals surface area contributed by atoms with Gasteiger partial charge in [0.25, 0.3) is 0 Å². The lowest BCUT2D eigenvalue weighted by Gasteiger charge is -2.23. The number of halogens is 1. The third-order valence-electron chi connectivity index (χ3n) is 5.93. The minimum absolute atomic E-state index is 0.126. The topological polar surface area (TPSA) is 128 Å². The maximum absolute atomic E-state index is 12.6. The van der Waals surface area contributed by atoms with Crippen LogP contribution in [0, 0.1) is 0 Å². The Bertz CT molecular complexity index is 1430. The molecular weight excluding hydrogens is 474 g/mol. The predicted molar refractivity (Wildman–Crippen MR) is 132 cm³/mol. The number of benzene rings is 2. The van der Waals surface area contributed by atoms with E-state index in [1.54, 1.807) is 12.1 Å². The summed E-state index contributed by atoms with van der Waals surface area (Å²) in [5.41, 5.74) is 9.31. The van der Waals surface area contributed by atoms with Gasteiger partial charge in [0.1, 0.15) is 17.8 Å². The first-order chi connectivity index (χ1) is 16.4. The predicted octanol–water partition coefficient (Wildman–Crippen LogP) is 3.13. The lowest BCUT2D eigenvalue weighted by Crippen LogP contribution is -2.32. The fraction of sp³-hybridized carbons (Fsp3) is 0.261. The van der Waals surface area contributed by atoms with E-state index < -0.39 is 10.0 Å². The summed E-state index contributed by atoms with van der Waals surface area (Å²) >= 11 is 5.93. The number of sulfonamides is 1. The first kappa shape index (κ1) is 22.7. The highest BCUT2D eigenvalue weighted by atomic mass is 35.5. The van der Waals surface area contributed by atoms with Gasteiger partial charge in [0.2, 0.25) is 10.0 Å². The molecule has 4 aromatic rings. The molecule has 3 heterocycles. The number of fused-ring (bicyclic) bond motifs is 1. The molecule has 1 saturated heterocycles. The van der Waals surface area contributed by atoms with Gasteiger partial charge in [-0.05, 0) is 43.1 Å². The molecule has 34 heavy (non-hydrogen) atoms. The lowest BCUT2D eigenvalue weighted by atomic mass is 10.1. The quantitative estimate of drug-likeness (QED) is 0.373. The molecular formula is C23H24ClN7O2S. The van der Waals surface area contributed by atoms with E-state index in [0.717, 1.165) is 48.1 Å². The summed E-state index contributed by atoms with van der Waals surface area (Å²) in [7, 11) is -3.68. The number of hydrogen-bond donors (Lipinski definition) is 3. The fourth-order valence-electron chi connectivity index (χ4n) is 4.17. The molecule has 176 valence electrons. The molecule has 11 heteroatoms. The number of hydrogen-bond acceptors (Lipinski definition) is 7. The number of nitrogens with one attached hydrogen (secondary N) is 2. The number of piperidine rings is 1. The second-order valence-electron chi connectivity index (χ2n) is 8.23. The van der Waals surface area contributed by atoms with Gasteiger partial charge in [-0.2, -0.15) is 5.10 Å². The van der Waals surface area contributed by atoms with Gasteiger partial charge in [-0.15, -0.1) is 0 Å². The Balaban J connectivity index is 1.41. The molecule has 9 nitrogen and oxygen atoms in total. The second-order valence-corrected chi connectivity index (χ2v) is 10.4. The molecule has 0 bridgehead atoms. The summed E-state index contributed by atoms with van der Waals surface area (Å²) in [5.74, 6) is 0.383. The second kappa shape index (κ2) is 9.30. The average molecular weight is 498 g/mol. The first-order valence-electron chi connectivity index (χ1n) is 11.0. The van der Waals surface area contributed by atoms with Crippen molar-refractivity contribution >= 4 is 38.5 Å². The summed E-state index contributed by atoms with van der Waals surface area (Å²) in [4.78, 5) is 8.77. The van der Waals surface area contributed by atoms with Crippen molar-refractivity contribution in [3.05, 3.63) is 65.4 Å². The molecule has 1 fully saturated rings. The van der Waals surface area contributed by atoms with E-state index >= 15 is 0 Å². The van der Waals surface area contributed by atoms with Crippen LogP contribution in [0.25, 0.3) is 22.3 Å². The van der Waals surface area contributed by atoms with Crippen LogP contribution in [-0.2, 0) is 16.6 Å². The smallest absolute Gasteiger partial charge is 0.240 e. The largest absolute Gasteiger partial charge is 0.383 e. The van der Waals surface area contributed by atoms with Crippen molar-refractivity contribution in [2.75, 3.05) is 18.8 Å². The molecule has 2 aromatic heterocycles. The molecule has 5 rings (SSSR count). The van der Waals surface area contributed by atoms with Crippen molar-refractivity contribution in [3.63, 3.8) is 0 Å². The molecule has 0 radical (unpaired) electrons. The molecule has 1 unspecified atom stereocenters. The van der Waals surface area contributed by atoms with Crippen LogP contribution in [0.2, 0.25) is 5.02 Å². The van der Waals surface area contributed by atoms with E-state index in [0.29, 0.717) is 16.5 Å². The molecule has 4 N–H and O–H groups in total. The van der Waals surface area contributed by atoms with Crippen molar-refractivity contribution in [1.82, 2.24) is 29.8 Å². The zero-order valence-electron chi connectivity index (χ0n) is 18.3. The zero-order chi connectivity index (χ0) is 23.7. The van der Waals surface area contributed by atoms with Crippen LogP contribution < -0.4 is 15.8 Å². The number of nitrogens with zero attached hydrogens (tertiary/aromatic N) is 4.